The van der Waals surface area contributed by atoms with Crippen LogP contribution in [0.1, 0.15) is 17.3 Å². The normalized spacial score (nSPS) is 12.2. The molecule has 94 valence electrons. The van der Waals surface area contributed by atoms with E-state index in [1.807, 2.05) is 6.92 Å². The molecule has 1 aromatic heterocycles. The van der Waals surface area contributed by atoms with Gasteiger partial charge in [0.25, 0.3) is 0 Å². The number of hydrogen-bond acceptors (Lipinski definition) is 4. The fourth-order valence-electron chi connectivity index (χ4n) is 1.35. The van der Waals surface area contributed by atoms with Gasteiger partial charge >= 0.3 is 5.97 Å². The second kappa shape index (κ2) is 6.42. The number of carboxylic acids is 1. The zero-order valence-corrected chi connectivity index (χ0v) is 10.5. The maximum atomic E-state index is 10.9. The fraction of sp³-hybridized carbons (Fsp3) is 0.455. The van der Waals surface area contributed by atoms with Crippen molar-refractivity contribution in [2.75, 3.05) is 25.6 Å². The van der Waals surface area contributed by atoms with Gasteiger partial charge < -0.3 is 15.2 Å². The minimum Gasteiger partial charge on any atom is -0.478 e. The Labute approximate surface area is 105 Å². The van der Waals surface area contributed by atoms with Crippen LogP contribution < -0.4 is 5.32 Å². The van der Waals surface area contributed by atoms with Crippen LogP contribution in [0, 0.1) is 5.92 Å². The van der Waals surface area contributed by atoms with Crippen molar-refractivity contribution < 1.29 is 14.6 Å². The SMILES string of the molecule is COCC(C)CNc1nccc(C(=O)O)c1Cl. The number of carboxylic acid groups (broad SMARTS) is 1. The predicted octanol–water partition coefficient (Wildman–Crippen LogP) is 2.13. The average Bonchev–Trinajstić information content (AvgIpc) is 2.27. The highest BCUT2D eigenvalue weighted by Crippen LogP contribution is 2.23. The molecule has 1 unspecified atom stereocenters. The monoisotopic (exact) mass is 258 g/mol. The maximum absolute atomic E-state index is 10.9. The molecule has 0 saturated carbocycles. The standard InChI is InChI=1S/C11H15ClN2O3/c1-7(6-17-2)5-14-10-9(12)8(11(15)16)3-4-13-10/h3-4,7H,5-6H2,1-2H3,(H,13,14)(H,15,16). The van der Waals surface area contributed by atoms with Crippen molar-refractivity contribution in [3.63, 3.8) is 0 Å². The van der Waals surface area contributed by atoms with E-state index >= 15 is 0 Å². The van der Waals surface area contributed by atoms with Crippen LogP contribution in [0.2, 0.25) is 5.02 Å². The third-order valence-electron chi connectivity index (χ3n) is 2.19. The first-order chi connectivity index (χ1) is 8.06. The molecular weight excluding hydrogens is 244 g/mol. The molecule has 0 amide bonds. The van der Waals surface area contributed by atoms with Gasteiger partial charge in [-0.15, -0.1) is 0 Å². The van der Waals surface area contributed by atoms with Crippen molar-refractivity contribution in [2.24, 2.45) is 5.92 Å². The number of methoxy groups -OCH3 is 1. The summed E-state index contributed by atoms with van der Waals surface area (Å²) in [6, 6.07) is 1.37. The van der Waals surface area contributed by atoms with Crippen LogP contribution in [0.5, 0.6) is 0 Å². The fourth-order valence-corrected chi connectivity index (χ4v) is 1.61. The lowest BCUT2D eigenvalue weighted by Gasteiger charge is -2.13. The van der Waals surface area contributed by atoms with Gasteiger partial charge in [-0.2, -0.15) is 0 Å². The molecule has 1 rings (SSSR count). The number of carbonyl (C=O) groups is 1. The van der Waals surface area contributed by atoms with Crippen molar-refractivity contribution in [3.05, 3.63) is 22.8 Å². The number of aromatic nitrogens is 1. The van der Waals surface area contributed by atoms with Crippen molar-refractivity contribution in [2.45, 2.75) is 6.92 Å². The lowest BCUT2D eigenvalue weighted by Crippen LogP contribution is -2.17. The smallest absolute Gasteiger partial charge is 0.337 e. The van der Waals surface area contributed by atoms with E-state index in [9.17, 15) is 4.79 Å². The summed E-state index contributed by atoms with van der Waals surface area (Å²) in [4.78, 5) is 14.9. The van der Waals surface area contributed by atoms with Crippen molar-refractivity contribution in [1.82, 2.24) is 4.98 Å². The van der Waals surface area contributed by atoms with E-state index in [0.717, 1.165) is 0 Å². The summed E-state index contributed by atoms with van der Waals surface area (Å²) < 4.78 is 5.00. The molecule has 0 saturated heterocycles. The number of nitrogens with one attached hydrogen (secondary N) is 1. The molecule has 1 atom stereocenters. The highest BCUT2D eigenvalue weighted by atomic mass is 35.5. The minimum absolute atomic E-state index is 0.0450. The highest BCUT2D eigenvalue weighted by molar-refractivity contribution is 6.35. The van der Waals surface area contributed by atoms with Gasteiger partial charge in [0.15, 0.2) is 0 Å². The number of aromatic carboxylic acids is 1. The summed E-state index contributed by atoms with van der Waals surface area (Å²) in [5.41, 5.74) is 0.0450. The topological polar surface area (TPSA) is 71.5 Å². The molecular formula is C11H15ClN2O3. The largest absolute Gasteiger partial charge is 0.478 e. The van der Waals surface area contributed by atoms with E-state index < -0.39 is 5.97 Å². The molecule has 0 bridgehead atoms. The van der Waals surface area contributed by atoms with Gasteiger partial charge in [0.05, 0.1) is 17.2 Å². The predicted molar refractivity (Wildman–Crippen MR) is 65.7 cm³/mol. The number of rotatable bonds is 6. The van der Waals surface area contributed by atoms with Gasteiger partial charge in [0, 0.05) is 19.9 Å². The number of pyridine rings is 1. The molecule has 1 aromatic rings. The Kier molecular flexibility index (Phi) is 5.18. The molecule has 0 aliphatic carbocycles. The van der Waals surface area contributed by atoms with E-state index in [1.165, 1.54) is 12.3 Å². The second-order valence-corrected chi connectivity index (χ2v) is 4.15. The molecule has 0 radical (unpaired) electrons. The average molecular weight is 259 g/mol. The zero-order chi connectivity index (χ0) is 12.8. The van der Waals surface area contributed by atoms with Gasteiger partial charge in [-0.1, -0.05) is 18.5 Å². The lowest BCUT2D eigenvalue weighted by atomic mass is 10.2. The molecule has 0 fully saturated rings. The lowest BCUT2D eigenvalue weighted by molar-refractivity contribution is 0.0697. The number of ether oxygens (including phenoxy) is 1. The molecule has 6 heteroatoms. The Bertz CT molecular complexity index is 398. The molecule has 5 nitrogen and oxygen atoms in total. The van der Waals surface area contributed by atoms with Gasteiger partial charge in [-0.25, -0.2) is 9.78 Å². The third kappa shape index (κ3) is 3.87. The number of hydrogen-bond donors (Lipinski definition) is 2. The Morgan fingerprint density at radius 2 is 2.41 bits per heavy atom. The van der Waals surface area contributed by atoms with Crippen LogP contribution in [-0.4, -0.2) is 36.3 Å². The molecule has 2 N–H and O–H groups in total. The molecule has 17 heavy (non-hydrogen) atoms. The van der Waals surface area contributed by atoms with Crippen LogP contribution >= 0.6 is 11.6 Å². The summed E-state index contributed by atoms with van der Waals surface area (Å²) in [5.74, 6) is -0.397. The molecule has 0 aromatic carbocycles. The first-order valence-electron chi connectivity index (χ1n) is 5.16. The minimum atomic E-state index is -1.06. The van der Waals surface area contributed by atoms with E-state index in [4.69, 9.17) is 21.4 Å². The summed E-state index contributed by atoms with van der Waals surface area (Å²) in [5, 5.41) is 12.0. The Morgan fingerprint density at radius 3 is 3.00 bits per heavy atom. The highest BCUT2D eigenvalue weighted by Gasteiger charge is 2.13. The van der Waals surface area contributed by atoms with Gasteiger partial charge in [0.1, 0.15) is 5.82 Å². The van der Waals surface area contributed by atoms with Crippen LogP contribution in [0.4, 0.5) is 5.82 Å². The molecule has 1 heterocycles. The quantitative estimate of drug-likeness (QED) is 0.818. The zero-order valence-electron chi connectivity index (χ0n) is 9.74. The molecule has 0 spiro atoms. The first kappa shape index (κ1) is 13.7. The van der Waals surface area contributed by atoms with Crippen molar-refractivity contribution >= 4 is 23.4 Å². The molecule has 0 aliphatic rings. The van der Waals surface area contributed by atoms with E-state index in [2.05, 4.69) is 10.3 Å². The van der Waals surface area contributed by atoms with Crippen LogP contribution in [0.3, 0.4) is 0 Å². The van der Waals surface area contributed by atoms with E-state index in [0.29, 0.717) is 19.0 Å². The van der Waals surface area contributed by atoms with E-state index in [1.54, 1.807) is 7.11 Å². The van der Waals surface area contributed by atoms with E-state index in [-0.39, 0.29) is 16.5 Å². The van der Waals surface area contributed by atoms with Gasteiger partial charge in [-0.3, -0.25) is 0 Å². The number of halogens is 1. The Hall–Kier alpha value is -1.33. The Balaban J connectivity index is 2.72. The maximum Gasteiger partial charge on any atom is 0.337 e. The third-order valence-corrected chi connectivity index (χ3v) is 2.57. The van der Waals surface area contributed by atoms with Gasteiger partial charge in [0.2, 0.25) is 0 Å². The molecule has 0 aliphatic heterocycles. The summed E-state index contributed by atoms with van der Waals surface area (Å²) in [6.07, 6.45) is 1.42. The van der Waals surface area contributed by atoms with Crippen LogP contribution in [0.15, 0.2) is 12.3 Å². The first-order valence-corrected chi connectivity index (χ1v) is 5.54. The number of nitrogens with zero attached hydrogens (tertiary/aromatic N) is 1. The number of anilines is 1. The summed E-state index contributed by atoms with van der Waals surface area (Å²) >= 11 is 5.93. The van der Waals surface area contributed by atoms with Crippen molar-refractivity contribution in [1.29, 1.82) is 0 Å². The van der Waals surface area contributed by atoms with Crippen molar-refractivity contribution in [3.8, 4) is 0 Å². The summed E-state index contributed by atoms with van der Waals surface area (Å²) in [7, 11) is 1.63. The van der Waals surface area contributed by atoms with Gasteiger partial charge in [-0.05, 0) is 12.0 Å². The van der Waals surface area contributed by atoms with Crippen LogP contribution in [-0.2, 0) is 4.74 Å². The summed E-state index contributed by atoms with van der Waals surface area (Å²) in [6.45, 7) is 3.23. The van der Waals surface area contributed by atoms with Crippen LogP contribution in [0.25, 0.3) is 0 Å². The second-order valence-electron chi connectivity index (χ2n) is 3.77. The Morgan fingerprint density at radius 1 is 1.71 bits per heavy atom.